The third-order valence-corrected chi connectivity index (χ3v) is 3.34. The molecule has 2 N–H and O–H groups in total. The molecule has 13 heteroatoms. The standard InChI is InChI=1S/C13H12F3N3O2.C2HF3O2/c14-13(15,16)12-18-11(19-21-12)8-1-3-9(4-2-8)20-10-5-6-17-7-10;3-2(4,5)1(6)7/h1-4,10,17H,5-7H2;(H,6,7). The van der Waals surface area contributed by atoms with Crippen LogP contribution in [0, 0.1) is 0 Å². The van der Waals surface area contributed by atoms with Crippen LogP contribution in [-0.2, 0) is 11.0 Å². The van der Waals surface area contributed by atoms with Gasteiger partial charge in [-0.25, -0.2) is 4.79 Å². The molecule has 0 amide bonds. The fourth-order valence-corrected chi connectivity index (χ4v) is 2.06. The molecule has 0 radical (unpaired) electrons. The van der Waals surface area contributed by atoms with E-state index in [0.717, 1.165) is 19.5 Å². The van der Waals surface area contributed by atoms with Gasteiger partial charge in [-0.1, -0.05) is 5.16 Å². The van der Waals surface area contributed by atoms with Gasteiger partial charge >= 0.3 is 24.2 Å². The van der Waals surface area contributed by atoms with E-state index in [4.69, 9.17) is 14.6 Å². The second-order valence-corrected chi connectivity index (χ2v) is 5.48. The van der Waals surface area contributed by atoms with E-state index in [1.165, 1.54) is 0 Å². The highest BCUT2D eigenvalue weighted by molar-refractivity contribution is 5.73. The predicted molar refractivity (Wildman–Crippen MR) is 80.3 cm³/mol. The van der Waals surface area contributed by atoms with Gasteiger partial charge in [0.15, 0.2) is 0 Å². The number of hydrogen-bond acceptors (Lipinski definition) is 6. The molecule has 0 saturated carbocycles. The molecule has 1 unspecified atom stereocenters. The summed E-state index contributed by atoms with van der Waals surface area (Å²) in [6, 6.07) is 6.56. The third-order valence-electron chi connectivity index (χ3n) is 3.34. The van der Waals surface area contributed by atoms with Crippen LogP contribution in [0.2, 0.25) is 0 Å². The molecule has 1 aliphatic heterocycles. The van der Waals surface area contributed by atoms with E-state index in [-0.39, 0.29) is 11.9 Å². The number of benzene rings is 1. The minimum absolute atomic E-state index is 0.101. The maximum Gasteiger partial charge on any atom is 0.490 e. The van der Waals surface area contributed by atoms with Crippen molar-refractivity contribution in [2.24, 2.45) is 0 Å². The average Bonchev–Trinajstić information content (AvgIpc) is 3.26. The van der Waals surface area contributed by atoms with Gasteiger partial charge in [0, 0.05) is 12.1 Å². The van der Waals surface area contributed by atoms with E-state index >= 15 is 0 Å². The lowest BCUT2D eigenvalue weighted by Crippen LogP contribution is -2.21. The van der Waals surface area contributed by atoms with Crippen LogP contribution in [-0.4, -0.2) is 46.6 Å². The average molecular weight is 413 g/mol. The molecule has 0 aliphatic carbocycles. The molecule has 1 aliphatic rings. The van der Waals surface area contributed by atoms with Crippen LogP contribution in [0.3, 0.4) is 0 Å². The molecule has 154 valence electrons. The Balaban J connectivity index is 0.000000345. The van der Waals surface area contributed by atoms with Crippen LogP contribution < -0.4 is 10.1 Å². The molecule has 1 atom stereocenters. The molecule has 1 fully saturated rings. The van der Waals surface area contributed by atoms with Gasteiger partial charge in [-0.3, -0.25) is 0 Å². The molecule has 2 heterocycles. The lowest BCUT2D eigenvalue weighted by molar-refractivity contribution is -0.192. The molecule has 7 nitrogen and oxygen atoms in total. The number of ether oxygens (including phenoxy) is 1. The number of aliphatic carboxylic acids is 1. The number of hydrogen-bond donors (Lipinski definition) is 2. The summed E-state index contributed by atoms with van der Waals surface area (Å²) in [5, 5.41) is 13.6. The first-order valence-corrected chi connectivity index (χ1v) is 7.65. The second kappa shape index (κ2) is 8.46. The molecule has 2 aromatic rings. The zero-order valence-corrected chi connectivity index (χ0v) is 13.8. The van der Waals surface area contributed by atoms with Crippen molar-refractivity contribution in [1.29, 1.82) is 0 Å². The van der Waals surface area contributed by atoms with Gasteiger partial charge < -0.3 is 19.7 Å². The Hall–Kier alpha value is -2.83. The molecule has 0 spiro atoms. The zero-order chi connectivity index (χ0) is 20.9. The number of aromatic nitrogens is 2. The minimum atomic E-state index is -5.08. The summed E-state index contributed by atoms with van der Waals surface area (Å²) < 4.78 is 78.8. The van der Waals surface area contributed by atoms with Crippen LogP contribution in [0.25, 0.3) is 11.4 Å². The second-order valence-electron chi connectivity index (χ2n) is 5.48. The minimum Gasteiger partial charge on any atom is -0.489 e. The fourth-order valence-electron chi connectivity index (χ4n) is 2.06. The van der Waals surface area contributed by atoms with E-state index in [9.17, 15) is 26.3 Å². The first kappa shape index (κ1) is 21.5. The summed E-state index contributed by atoms with van der Waals surface area (Å²) in [6.45, 7) is 1.72. The molecule has 1 saturated heterocycles. The van der Waals surface area contributed by atoms with Crippen molar-refractivity contribution in [2.45, 2.75) is 24.9 Å². The van der Waals surface area contributed by atoms with Gasteiger partial charge in [0.1, 0.15) is 11.9 Å². The molecule has 28 heavy (non-hydrogen) atoms. The molecular formula is C15H13F6N3O4. The Kier molecular flexibility index (Phi) is 6.48. The Labute approximate surface area is 153 Å². The largest absolute Gasteiger partial charge is 0.490 e. The summed E-state index contributed by atoms with van der Waals surface area (Å²) in [6.07, 6.45) is -8.66. The molecule has 0 bridgehead atoms. The van der Waals surface area contributed by atoms with Crippen LogP contribution in [0.4, 0.5) is 26.3 Å². The van der Waals surface area contributed by atoms with Gasteiger partial charge in [0.25, 0.3) is 0 Å². The van der Waals surface area contributed by atoms with Crippen molar-refractivity contribution < 1.29 is 45.5 Å². The van der Waals surface area contributed by atoms with Crippen molar-refractivity contribution in [3.8, 4) is 17.1 Å². The highest BCUT2D eigenvalue weighted by atomic mass is 19.4. The van der Waals surface area contributed by atoms with Gasteiger partial charge in [-0.2, -0.15) is 31.3 Å². The Morgan fingerprint density at radius 2 is 1.79 bits per heavy atom. The fraction of sp³-hybridized carbons (Fsp3) is 0.400. The number of nitrogens with one attached hydrogen (secondary N) is 1. The third kappa shape index (κ3) is 6.11. The van der Waals surface area contributed by atoms with Crippen molar-refractivity contribution >= 4 is 5.97 Å². The summed E-state index contributed by atoms with van der Waals surface area (Å²) >= 11 is 0. The van der Waals surface area contributed by atoms with Crippen LogP contribution in [0.1, 0.15) is 12.3 Å². The molecule has 1 aromatic carbocycles. The van der Waals surface area contributed by atoms with E-state index in [0.29, 0.717) is 11.3 Å². The summed E-state index contributed by atoms with van der Waals surface area (Å²) in [5.74, 6) is -3.55. The number of nitrogens with zero attached hydrogens (tertiary/aromatic N) is 2. The Morgan fingerprint density at radius 3 is 2.21 bits per heavy atom. The Bertz CT molecular complexity index is 782. The van der Waals surface area contributed by atoms with E-state index in [1.54, 1.807) is 24.3 Å². The normalized spacial score (nSPS) is 17.0. The lowest BCUT2D eigenvalue weighted by atomic mass is 10.2. The van der Waals surface area contributed by atoms with Crippen LogP contribution in [0.15, 0.2) is 28.8 Å². The SMILES string of the molecule is FC(F)(F)c1nc(-c2ccc(OC3CCNC3)cc2)no1.O=C(O)C(F)(F)F. The number of halogens is 6. The van der Waals surface area contributed by atoms with E-state index in [2.05, 4.69) is 20.0 Å². The van der Waals surface area contributed by atoms with Crippen molar-refractivity contribution in [3.05, 3.63) is 30.2 Å². The van der Waals surface area contributed by atoms with Crippen LogP contribution >= 0.6 is 0 Å². The number of alkyl halides is 6. The van der Waals surface area contributed by atoms with E-state index < -0.39 is 24.2 Å². The highest BCUT2D eigenvalue weighted by Crippen LogP contribution is 2.29. The summed E-state index contributed by atoms with van der Waals surface area (Å²) in [7, 11) is 0. The van der Waals surface area contributed by atoms with Gasteiger partial charge in [-0.15, -0.1) is 0 Å². The van der Waals surface area contributed by atoms with Gasteiger partial charge in [-0.05, 0) is 37.2 Å². The maximum atomic E-state index is 12.4. The molecular weight excluding hydrogens is 400 g/mol. The topological polar surface area (TPSA) is 97.5 Å². The van der Waals surface area contributed by atoms with Crippen molar-refractivity contribution in [2.75, 3.05) is 13.1 Å². The number of carboxylic acid groups (broad SMARTS) is 1. The zero-order valence-electron chi connectivity index (χ0n) is 13.8. The van der Waals surface area contributed by atoms with Crippen molar-refractivity contribution in [3.63, 3.8) is 0 Å². The quantitative estimate of drug-likeness (QED) is 0.747. The Morgan fingerprint density at radius 1 is 1.18 bits per heavy atom. The van der Waals surface area contributed by atoms with Crippen LogP contribution in [0.5, 0.6) is 5.75 Å². The lowest BCUT2D eigenvalue weighted by Gasteiger charge is -2.12. The number of carbonyl (C=O) groups is 1. The first-order valence-electron chi connectivity index (χ1n) is 7.65. The number of rotatable bonds is 3. The molecule has 3 rings (SSSR count). The number of carboxylic acids is 1. The highest BCUT2D eigenvalue weighted by Gasteiger charge is 2.39. The van der Waals surface area contributed by atoms with E-state index in [1.807, 2.05) is 0 Å². The first-order chi connectivity index (χ1) is 13.0. The van der Waals surface area contributed by atoms with Crippen molar-refractivity contribution in [1.82, 2.24) is 15.5 Å². The van der Waals surface area contributed by atoms with Gasteiger partial charge in [0.05, 0.1) is 0 Å². The summed E-state index contributed by atoms with van der Waals surface area (Å²) in [5.41, 5.74) is 0.436. The smallest absolute Gasteiger partial charge is 0.489 e. The maximum absolute atomic E-state index is 12.4. The van der Waals surface area contributed by atoms with Gasteiger partial charge in [0.2, 0.25) is 5.82 Å². The summed E-state index contributed by atoms with van der Waals surface area (Å²) in [4.78, 5) is 12.2. The molecule has 1 aromatic heterocycles. The monoisotopic (exact) mass is 413 g/mol. The predicted octanol–water partition coefficient (Wildman–Crippen LogP) is 3.13.